The number of carbonyl (C=O) groups excluding carboxylic acids is 3. The molecule has 7 heteroatoms. The molecule has 1 aliphatic rings. The van der Waals surface area contributed by atoms with Crippen LogP contribution in [0.25, 0.3) is 12.2 Å². The Hall–Kier alpha value is -3.45. The van der Waals surface area contributed by atoms with Crippen LogP contribution < -0.4 is 10.6 Å². The van der Waals surface area contributed by atoms with Crippen molar-refractivity contribution in [2.24, 2.45) is 0 Å². The number of hydrogen-bond donors (Lipinski definition) is 2. The van der Waals surface area contributed by atoms with Crippen molar-refractivity contribution in [3.63, 3.8) is 0 Å². The fourth-order valence-corrected chi connectivity index (χ4v) is 2.54. The van der Waals surface area contributed by atoms with Crippen LogP contribution in [0.4, 0.5) is 4.39 Å². The second-order valence-electron chi connectivity index (χ2n) is 5.67. The Labute approximate surface area is 159 Å². The van der Waals surface area contributed by atoms with E-state index in [9.17, 15) is 18.8 Å². The summed E-state index contributed by atoms with van der Waals surface area (Å²) in [5, 5.41) is 4.71. The molecule has 0 bridgehead atoms. The summed E-state index contributed by atoms with van der Waals surface area (Å²) in [6, 6.07) is 12.2. The molecular weight excluding hydrogens is 367 g/mol. The van der Waals surface area contributed by atoms with E-state index in [0.717, 1.165) is 5.56 Å². The van der Waals surface area contributed by atoms with Gasteiger partial charge in [0.2, 0.25) is 0 Å². The highest BCUT2D eigenvalue weighted by molar-refractivity contribution is 7.80. The zero-order valence-corrected chi connectivity index (χ0v) is 14.7. The zero-order valence-electron chi connectivity index (χ0n) is 13.9. The largest absolute Gasteiger partial charge is 0.299 e. The Morgan fingerprint density at radius 3 is 2.04 bits per heavy atom. The van der Waals surface area contributed by atoms with Gasteiger partial charge in [-0.15, -0.1) is 0 Å². The summed E-state index contributed by atoms with van der Waals surface area (Å²) < 4.78 is 12.9. The minimum absolute atomic E-state index is 0.0199. The molecular formula is C20H13FN2O3S. The molecule has 1 heterocycles. The summed E-state index contributed by atoms with van der Waals surface area (Å²) in [6.07, 6.45) is 4.47. The van der Waals surface area contributed by atoms with Crippen molar-refractivity contribution >= 4 is 47.1 Å². The van der Waals surface area contributed by atoms with Gasteiger partial charge in [-0.3, -0.25) is 25.0 Å². The van der Waals surface area contributed by atoms with E-state index in [2.05, 4.69) is 10.6 Å². The molecule has 0 aliphatic carbocycles. The zero-order chi connectivity index (χ0) is 19.4. The van der Waals surface area contributed by atoms with Crippen LogP contribution in [0.3, 0.4) is 0 Å². The number of amides is 2. The smallest absolute Gasteiger partial charge is 0.263 e. The van der Waals surface area contributed by atoms with Crippen molar-refractivity contribution in [2.75, 3.05) is 0 Å². The minimum atomic E-state index is -0.558. The van der Waals surface area contributed by atoms with Crippen molar-refractivity contribution in [3.05, 3.63) is 82.7 Å². The first kappa shape index (κ1) is 18.3. The Morgan fingerprint density at radius 1 is 0.889 bits per heavy atom. The highest BCUT2D eigenvalue weighted by atomic mass is 32.1. The molecule has 2 aromatic rings. The van der Waals surface area contributed by atoms with Crippen molar-refractivity contribution in [2.45, 2.75) is 0 Å². The van der Waals surface area contributed by atoms with Crippen LogP contribution >= 0.6 is 12.2 Å². The van der Waals surface area contributed by atoms with Gasteiger partial charge in [-0.2, -0.15) is 0 Å². The lowest BCUT2D eigenvalue weighted by atomic mass is 10.1. The van der Waals surface area contributed by atoms with E-state index in [0.29, 0.717) is 11.1 Å². The van der Waals surface area contributed by atoms with Crippen LogP contribution in [-0.2, 0) is 9.59 Å². The predicted octanol–water partition coefficient (Wildman–Crippen LogP) is 2.64. The Kier molecular flexibility index (Phi) is 5.33. The summed E-state index contributed by atoms with van der Waals surface area (Å²) in [6.45, 7) is 0. The summed E-state index contributed by atoms with van der Waals surface area (Å²) in [5.74, 6) is -1.76. The maximum absolute atomic E-state index is 12.9. The topological polar surface area (TPSA) is 75.3 Å². The van der Waals surface area contributed by atoms with Gasteiger partial charge in [-0.05, 0) is 59.8 Å². The molecule has 2 N–H and O–H groups in total. The lowest BCUT2D eigenvalue weighted by Crippen LogP contribution is -2.51. The number of thiocarbonyl (C=S) groups is 1. The normalized spacial score (nSPS) is 14.1. The fraction of sp³-hybridized carbons (Fsp3) is 0. The van der Waals surface area contributed by atoms with E-state index in [1.807, 2.05) is 0 Å². The molecule has 0 saturated carbocycles. The number of allylic oxidation sites excluding steroid dienone is 1. The average Bonchev–Trinajstić information content (AvgIpc) is 2.64. The average molecular weight is 380 g/mol. The number of hydrogen-bond acceptors (Lipinski definition) is 4. The van der Waals surface area contributed by atoms with Gasteiger partial charge in [0.15, 0.2) is 10.9 Å². The van der Waals surface area contributed by atoms with Gasteiger partial charge < -0.3 is 0 Å². The van der Waals surface area contributed by atoms with Crippen LogP contribution in [-0.4, -0.2) is 22.7 Å². The first-order valence-electron chi connectivity index (χ1n) is 7.89. The van der Waals surface area contributed by atoms with E-state index in [-0.39, 0.29) is 16.5 Å². The van der Waals surface area contributed by atoms with E-state index in [1.54, 1.807) is 30.3 Å². The molecule has 0 radical (unpaired) electrons. The van der Waals surface area contributed by atoms with E-state index < -0.39 is 17.6 Å². The Balaban J connectivity index is 1.72. The summed E-state index contributed by atoms with van der Waals surface area (Å²) in [7, 11) is 0. The second-order valence-corrected chi connectivity index (χ2v) is 6.07. The molecule has 5 nitrogen and oxygen atoms in total. The van der Waals surface area contributed by atoms with Gasteiger partial charge >= 0.3 is 0 Å². The second kappa shape index (κ2) is 7.84. The molecule has 0 unspecified atom stereocenters. The van der Waals surface area contributed by atoms with Gasteiger partial charge in [0, 0.05) is 5.56 Å². The third kappa shape index (κ3) is 4.59. The molecule has 1 fully saturated rings. The van der Waals surface area contributed by atoms with E-state index in [4.69, 9.17) is 12.2 Å². The lowest BCUT2D eigenvalue weighted by Gasteiger charge is -2.16. The molecule has 1 saturated heterocycles. The third-order valence-corrected chi connectivity index (χ3v) is 3.95. The number of halogens is 1. The van der Waals surface area contributed by atoms with Crippen molar-refractivity contribution in [1.82, 2.24) is 10.6 Å². The van der Waals surface area contributed by atoms with Crippen LogP contribution in [0, 0.1) is 5.82 Å². The summed E-state index contributed by atoms with van der Waals surface area (Å²) >= 11 is 4.74. The standard InChI is InChI=1S/C20H13FN2O3S/c21-15-8-6-14(7-9-15)17(24)10-5-12-1-3-13(4-2-12)11-16-18(25)22-20(27)23-19(16)26/h1-11H,(H2,22,23,25,26,27)/b10-5+. The molecule has 3 rings (SSSR count). The molecule has 0 spiro atoms. The minimum Gasteiger partial charge on any atom is -0.299 e. The number of rotatable bonds is 4. The summed E-state index contributed by atoms with van der Waals surface area (Å²) in [4.78, 5) is 35.7. The van der Waals surface area contributed by atoms with Crippen molar-refractivity contribution < 1.29 is 18.8 Å². The third-order valence-electron chi connectivity index (χ3n) is 3.75. The van der Waals surface area contributed by atoms with Crippen LogP contribution in [0.5, 0.6) is 0 Å². The Bertz CT molecular complexity index is 971. The molecule has 27 heavy (non-hydrogen) atoms. The highest BCUT2D eigenvalue weighted by Gasteiger charge is 2.25. The number of benzene rings is 2. The summed E-state index contributed by atoms with van der Waals surface area (Å²) in [5.41, 5.74) is 1.75. The first-order chi connectivity index (χ1) is 12.9. The van der Waals surface area contributed by atoms with Gasteiger partial charge in [-0.1, -0.05) is 30.3 Å². The molecule has 0 atom stereocenters. The van der Waals surface area contributed by atoms with E-state index in [1.165, 1.54) is 36.4 Å². The highest BCUT2D eigenvalue weighted by Crippen LogP contribution is 2.13. The molecule has 0 aromatic heterocycles. The molecule has 1 aliphatic heterocycles. The van der Waals surface area contributed by atoms with Gasteiger partial charge in [0.1, 0.15) is 11.4 Å². The molecule has 134 valence electrons. The van der Waals surface area contributed by atoms with Gasteiger partial charge in [-0.25, -0.2) is 4.39 Å². The lowest BCUT2D eigenvalue weighted by molar-refractivity contribution is -0.123. The maximum atomic E-state index is 12.9. The van der Waals surface area contributed by atoms with Crippen molar-refractivity contribution in [3.8, 4) is 0 Å². The predicted molar refractivity (Wildman–Crippen MR) is 103 cm³/mol. The van der Waals surface area contributed by atoms with Gasteiger partial charge in [0.25, 0.3) is 11.8 Å². The number of ketones is 1. The van der Waals surface area contributed by atoms with Crippen molar-refractivity contribution in [1.29, 1.82) is 0 Å². The Morgan fingerprint density at radius 2 is 1.44 bits per heavy atom. The quantitative estimate of drug-likeness (QED) is 0.370. The van der Waals surface area contributed by atoms with Crippen LogP contribution in [0.15, 0.2) is 60.2 Å². The van der Waals surface area contributed by atoms with Gasteiger partial charge in [0.05, 0.1) is 0 Å². The molecule has 2 aromatic carbocycles. The van der Waals surface area contributed by atoms with Crippen LogP contribution in [0.1, 0.15) is 21.5 Å². The van der Waals surface area contributed by atoms with E-state index >= 15 is 0 Å². The number of carbonyl (C=O) groups is 3. The number of nitrogens with one attached hydrogen (secondary N) is 2. The first-order valence-corrected chi connectivity index (χ1v) is 8.29. The maximum Gasteiger partial charge on any atom is 0.263 e. The fourth-order valence-electron chi connectivity index (χ4n) is 2.36. The SMILES string of the molecule is O=C1NC(=S)NC(=O)C1=Cc1ccc(/C=C/C(=O)c2ccc(F)cc2)cc1. The van der Waals surface area contributed by atoms with Crippen LogP contribution in [0.2, 0.25) is 0 Å². The monoisotopic (exact) mass is 380 g/mol. The molecule has 2 amide bonds.